The molecular weight excluding hydrogens is 793 g/mol. The third-order valence-corrected chi connectivity index (χ3v) is 15.1. The molecule has 4 aliphatic rings. The van der Waals surface area contributed by atoms with Gasteiger partial charge in [0, 0.05) is 61.1 Å². The van der Waals surface area contributed by atoms with Gasteiger partial charge in [-0.2, -0.15) is 0 Å². The number of carbonyl (C=O) groups excluding carboxylic acids is 1. The Labute approximate surface area is 356 Å². The summed E-state index contributed by atoms with van der Waals surface area (Å²) in [5, 5.41) is 15.9. The van der Waals surface area contributed by atoms with Crippen molar-refractivity contribution >= 4 is 44.2 Å². The Balaban J connectivity index is 0.905. The highest BCUT2D eigenvalue weighted by atomic mass is 32.2. The number of aromatic amines is 1. The SMILES string of the molecule is CCc1ccccc1[C@@H]1CCCN1C1CC2(CCN(c3ccc(C(=O)NS(=O)(=O)c4cnc(NCC5CCCCC5)c([N+](=O)[O-])c4)c(Oc4cnc5[nH]ccc5c4)c3)CC2)C1. The van der Waals surface area contributed by atoms with E-state index in [9.17, 15) is 23.3 Å². The Bertz CT molecular complexity index is 2520. The van der Waals surface area contributed by atoms with E-state index in [0.717, 1.165) is 87.9 Å². The number of aryl methyl sites for hydroxylation is 1. The van der Waals surface area contributed by atoms with Crippen molar-refractivity contribution in [1.82, 2.24) is 24.6 Å². The van der Waals surface area contributed by atoms with Gasteiger partial charge in [0.05, 0.1) is 22.9 Å². The molecule has 5 aromatic rings. The van der Waals surface area contributed by atoms with Gasteiger partial charge in [-0.15, -0.1) is 0 Å². The lowest BCUT2D eigenvalue weighted by Gasteiger charge is -2.56. The Morgan fingerprint density at radius 1 is 0.967 bits per heavy atom. The van der Waals surface area contributed by atoms with Gasteiger partial charge in [0.1, 0.15) is 22.0 Å². The van der Waals surface area contributed by atoms with Crippen molar-refractivity contribution in [2.24, 2.45) is 11.3 Å². The van der Waals surface area contributed by atoms with E-state index in [1.54, 1.807) is 30.6 Å². The molecule has 2 saturated carbocycles. The number of sulfonamides is 1. The molecule has 9 rings (SSSR count). The number of amides is 1. The molecule has 3 N–H and O–H groups in total. The molecule has 2 aromatic carbocycles. The van der Waals surface area contributed by atoms with E-state index < -0.39 is 31.4 Å². The number of nitro groups is 1. The fourth-order valence-corrected chi connectivity index (χ4v) is 11.3. The van der Waals surface area contributed by atoms with Gasteiger partial charge in [-0.1, -0.05) is 50.5 Å². The van der Waals surface area contributed by atoms with Crippen LogP contribution in [0.4, 0.5) is 17.2 Å². The van der Waals surface area contributed by atoms with E-state index in [0.29, 0.717) is 41.4 Å². The van der Waals surface area contributed by atoms with Crippen molar-refractivity contribution in [3.8, 4) is 11.5 Å². The van der Waals surface area contributed by atoms with Crippen molar-refractivity contribution in [2.45, 2.75) is 101 Å². The minimum Gasteiger partial charge on any atom is -0.455 e. The third-order valence-electron chi connectivity index (χ3n) is 13.8. The number of nitrogens with one attached hydrogen (secondary N) is 3. The van der Waals surface area contributed by atoms with Crippen molar-refractivity contribution < 1.29 is 22.9 Å². The fraction of sp³-hybridized carbons (Fsp3) is 0.457. The quantitative estimate of drug-likeness (QED) is 0.0762. The lowest BCUT2D eigenvalue weighted by atomic mass is 9.59. The topological polar surface area (TPSA) is 176 Å². The Hall–Kier alpha value is -5.54. The number of likely N-dealkylation sites (tertiary alicyclic amines) is 1. The van der Waals surface area contributed by atoms with E-state index in [1.165, 1.54) is 43.2 Å². The van der Waals surface area contributed by atoms with Crippen LogP contribution in [-0.2, 0) is 16.4 Å². The molecule has 2 aliphatic heterocycles. The van der Waals surface area contributed by atoms with Crippen molar-refractivity contribution in [2.75, 3.05) is 36.4 Å². The van der Waals surface area contributed by atoms with Crippen LogP contribution in [0.5, 0.6) is 11.5 Å². The van der Waals surface area contributed by atoms with Gasteiger partial charge in [-0.05, 0) is 111 Å². The number of rotatable bonds is 13. The second-order valence-electron chi connectivity index (χ2n) is 17.5. The molecule has 3 aromatic heterocycles. The number of fused-ring (bicyclic) bond motifs is 1. The van der Waals surface area contributed by atoms with Crippen LogP contribution >= 0.6 is 0 Å². The number of hydrogen-bond donors (Lipinski definition) is 3. The zero-order valence-electron chi connectivity index (χ0n) is 34.6. The maximum atomic E-state index is 13.9. The molecule has 0 radical (unpaired) electrons. The molecule has 1 spiro atoms. The normalized spacial score (nSPS) is 19.8. The zero-order chi connectivity index (χ0) is 42.1. The highest BCUT2D eigenvalue weighted by Gasteiger charge is 2.50. The van der Waals surface area contributed by atoms with Crippen LogP contribution in [0.25, 0.3) is 11.0 Å². The summed E-state index contributed by atoms with van der Waals surface area (Å²) in [7, 11) is -4.58. The molecule has 61 heavy (non-hydrogen) atoms. The average molecular weight is 847 g/mol. The number of piperidine rings is 1. The summed E-state index contributed by atoms with van der Waals surface area (Å²) >= 11 is 0. The second-order valence-corrected chi connectivity index (χ2v) is 19.2. The van der Waals surface area contributed by atoms with E-state index in [-0.39, 0.29) is 17.1 Å². The smallest absolute Gasteiger partial charge is 0.312 e. The first kappa shape index (κ1) is 40.8. The standard InChI is InChI=1S/C46H54N8O6S/c1-2-32-11-6-7-12-38(32)40-13-8-20-53(40)35-26-46(27-35)17-21-52(22-18-46)34-14-15-39(42(24-34)60-36-23-33-16-19-47-43(33)49-29-36)45(55)51-61(58,59)37-25-41(54(56)57)44(50-30-37)48-28-31-9-4-3-5-10-31/h6-7,11-12,14-16,19,23-25,29-31,35,40H,2-5,8-10,13,17-18,20-22,26-28H2,1H3,(H,47,49)(H,48,50)(H,51,55)/t40-/m0/s1. The number of benzene rings is 2. The van der Waals surface area contributed by atoms with Gasteiger partial charge in [0.25, 0.3) is 15.9 Å². The van der Waals surface area contributed by atoms with Crippen molar-refractivity contribution in [1.29, 1.82) is 0 Å². The molecule has 1 atom stereocenters. The molecule has 2 saturated heterocycles. The predicted molar refractivity (Wildman–Crippen MR) is 235 cm³/mol. The molecule has 0 unspecified atom stereocenters. The van der Waals surface area contributed by atoms with E-state index in [2.05, 4.69) is 66.0 Å². The van der Waals surface area contributed by atoms with Crippen LogP contribution in [0.3, 0.4) is 0 Å². The summed E-state index contributed by atoms with van der Waals surface area (Å²) in [6.45, 7) is 5.62. The van der Waals surface area contributed by atoms with Crippen LogP contribution in [0.2, 0.25) is 0 Å². The maximum absolute atomic E-state index is 13.9. The van der Waals surface area contributed by atoms with E-state index in [4.69, 9.17) is 4.74 Å². The molecule has 15 heteroatoms. The van der Waals surface area contributed by atoms with Gasteiger partial charge in [0.2, 0.25) is 5.82 Å². The van der Waals surface area contributed by atoms with Gasteiger partial charge < -0.3 is 19.9 Å². The Morgan fingerprint density at radius 2 is 1.77 bits per heavy atom. The van der Waals surface area contributed by atoms with Crippen LogP contribution in [-0.4, -0.2) is 71.3 Å². The number of nitrogens with zero attached hydrogens (tertiary/aromatic N) is 5. The lowest BCUT2D eigenvalue weighted by Crippen LogP contribution is -2.54. The molecule has 0 bridgehead atoms. The lowest BCUT2D eigenvalue weighted by molar-refractivity contribution is -0.384. The molecule has 320 valence electrons. The fourth-order valence-electron chi connectivity index (χ4n) is 10.4. The molecule has 14 nitrogen and oxygen atoms in total. The number of hydrogen-bond acceptors (Lipinski definition) is 11. The highest BCUT2D eigenvalue weighted by molar-refractivity contribution is 7.90. The minimum atomic E-state index is -4.58. The van der Waals surface area contributed by atoms with Gasteiger partial charge >= 0.3 is 5.69 Å². The van der Waals surface area contributed by atoms with Gasteiger partial charge in [-0.3, -0.25) is 19.8 Å². The molecule has 4 fully saturated rings. The van der Waals surface area contributed by atoms with Gasteiger partial charge in [-0.25, -0.2) is 23.1 Å². The molecule has 5 heterocycles. The molecule has 2 aliphatic carbocycles. The number of aromatic nitrogens is 3. The summed E-state index contributed by atoms with van der Waals surface area (Å²) in [4.78, 5) is 41.5. The number of anilines is 2. The number of ether oxygens (including phenoxy) is 1. The maximum Gasteiger partial charge on any atom is 0.312 e. The van der Waals surface area contributed by atoms with Crippen molar-refractivity contribution in [3.63, 3.8) is 0 Å². The number of carbonyl (C=O) groups is 1. The summed E-state index contributed by atoms with van der Waals surface area (Å²) < 4.78 is 35.7. The highest BCUT2D eigenvalue weighted by Crippen LogP contribution is 2.54. The first-order valence-corrected chi connectivity index (χ1v) is 23.4. The Morgan fingerprint density at radius 3 is 2.56 bits per heavy atom. The average Bonchev–Trinajstić information content (AvgIpc) is 3.95. The van der Waals surface area contributed by atoms with E-state index in [1.807, 2.05) is 12.1 Å². The monoisotopic (exact) mass is 846 g/mol. The summed E-state index contributed by atoms with van der Waals surface area (Å²) in [6.07, 6.45) is 17.9. The largest absolute Gasteiger partial charge is 0.455 e. The first-order valence-electron chi connectivity index (χ1n) is 21.9. The predicted octanol–water partition coefficient (Wildman–Crippen LogP) is 8.92. The van der Waals surface area contributed by atoms with Crippen LogP contribution in [0, 0.1) is 21.4 Å². The van der Waals surface area contributed by atoms with E-state index >= 15 is 0 Å². The molecular formula is C46H54N8O6S. The van der Waals surface area contributed by atoms with Crippen LogP contribution < -0.4 is 19.7 Å². The minimum absolute atomic E-state index is 0.00492. The number of H-pyrrole nitrogens is 1. The first-order chi connectivity index (χ1) is 29.6. The number of pyridine rings is 2. The van der Waals surface area contributed by atoms with Crippen LogP contribution in [0.15, 0.2) is 84.1 Å². The van der Waals surface area contributed by atoms with Gasteiger partial charge in [0.15, 0.2) is 0 Å². The summed E-state index contributed by atoms with van der Waals surface area (Å²) in [5.74, 6) is -0.0537. The zero-order valence-corrected chi connectivity index (χ0v) is 35.5. The summed E-state index contributed by atoms with van der Waals surface area (Å²) in [5.41, 5.74) is 4.32. The Kier molecular flexibility index (Phi) is 11.4. The van der Waals surface area contributed by atoms with Crippen LogP contribution in [0.1, 0.15) is 105 Å². The molecule has 1 amide bonds. The summed E-state index contributed by atoms with van der Waals surface area (Å²) in [6, 6.07) is 19.8. The second kappa shape index (κ2) is 17.1. The third kappa shape index (κ3) is 8.54. The van der Waals surface area contributed by atoms with Crippen molar-refractivity contribution in [3.05, 3.63) is 106 Å².